The van der Waals surface area contributed by atoms with Gasteiger partial charge in [-0.2, -0.15) is 0 Å². The van der Waals surface area contributed by atoms with Gasteiger partial charge in [0, 0.05) is 22.5 Å². The maximum absolute atomic E-state index is 13.8. The second kappa shape index (κ2) is 10.7. The molecular formula is C29H32N6O2S. The third-order valence-electron chi connectivity index (χ3n) is 7.71. The summed E-state index contributed by atoms with van der Waals surface area (Å²) >= 11 is 1.70. The molecular weight excluding hydrogens is 496 g/mol. The standard InChI is InChI=1S/C29H32N6O2S/c1-19-14-21-16-25(29(36)30-26(21)15-20(19)2)27(28-31-32-33-35(28)22-8-4-3-5-9-22)34(17-23-10-6-12-37-23)18-24-11-7-13-38-24/h6-7,10-16,22,27H,3-5,8-9,17-18H2,1-2H3,(H,30,36)/t27-/m0/s1. The van der Waals surface area contributed by atoms with E-state index in [4.69, 9.17) is 4.42 Å². The van der Waals surface area contributed by atoms with Gasteiger partial charge in [0.2, 0.25) is 0 Å². The molecule has 9 heteroatoms. The van der Waals surface area contributed by atoms with E-state index >= 15 is 0 Å². The lowest BCUT2D eigenvalue weighted by Gasteiger charge is -2.32. The van der Waals surface area contributed by atoms with Gasteiger partial charge in [0.15, 0.2) is 5.82 Å². The first-order valence-corrected chi connectivity index (χ1v) is 14.2. The molecule has 1 saturated carbocycles. The molecule has 1 aromatic carbocycles. The monoisotopic (exact) mass is 528 g/mol. The van der Waals surface area contributed by atoms with Crippen molar-refractivity contribution >= 4 is 22.2 Å². The van der Waals surface area contributed by atoms with Crippen LogP contribution in [0.3, 0.4) is 0 Å². The van der Waals surface area contributed by atoms with Crippen molar-refractivity contribution < 1.29 is 4.42 Å². The second-order valence-corrected chi connectivity index (χ2v) is 11.3. The maximum atomic E-state index is 13.8. The van der Waals surface area contributed by atoms with Crippen molar-refractivity contribution in [3.05, 3.63) is 97.6 Å². The van der Waals surface area contributed by atoms with Crippen LogP contribution in [0.5, 0.6) is 0 Å². The van der Waals surface area contributed by atoms with Crippen LogP contribution in [-0.2, 0) is 13.1 Å². The van der Waals surface area contributed by atoms with Crippen LogP contribution < -0.4 is 5.56 Å². The van der Waals surface area contributed by atoms with Crippen LogP contribution in [0.1, 0.15) is 77.3 Å². The van der Waals surface area contributed by atoms with Gasteiger partial charge in [-0.15, -0.1) is 16.4 Å². The van der Waals surface area contributed by atoms with Gasteiger partial charge in [-0.3, -0.25) is 9.69 Å². The molecule has 1 aliphatic carbocycles. The Bertz CT molecular complexity index is 1530. The fourth-order valence-electron chi connectivity index (χ4n) is 5.61. The van der Waals surface area contributed by atoms with Crippen molar-refractivity contribution in [2.24, 2.45) is 0 Å². The number of H-pyrrole nitrogens is 1. The van der Waals surface area contributed by atoms with Gasteiger partial charge in [0.25, 0.3) is 5.56 Å². The largest absolute Gasteiger partial charge is 0.468 e. The molecule has 1 atom stereocenters. The van der Waals surface area contributed by atoms with E-state index in [1.54, 1.807) is 17.6 Å². The van der Waals surface area contributed by atoms with Crippen molar-refractivity contribution in [1.82, 2.24) is 30.1 Å². The molecule has 6 rings (SSSR count). The van der Waals surface area contributed by atoms with Gasteiger partial charge in [0.05, 0.1) is 18.8 Å². The highest BCUT2D eigenvalue weighted by Gasteiger charge is 2.33. The zero-order valence-corrected chi connectivity index (χ0v) is 22.6. The molecule has 38 heavy (non-hydrogen) atoms. The first-order chi connectivity index (χ1) is 18.6. The molecule has 0 bridgehead atoms. The highest BCUT2D eigenvalue weighted by Crippen LogP contribution is 2.35. The first-order valence-electron chi connectivity index (χ1n) is 13.3. The van der Waals surface area contributed by atoms with Crippen molar-refractivity contribution in [2.45, 2.75) is 71.1 Å². The Morgan fingerprint density at radius 2 is 1.95 bits per heavy atom. The van der Waals surface area contributed by atoms with Crippen molar-refractivity contribution in [3.63, 3.8) is 0 Å². The number of aromatic nitrogens is 5. The van der Waals surface area contributed by atoms with Gasteiger partial charge >= 0.3 is 0 Å². The molecule has 4 aromatic heterocycles. The van der Waals surface area contributed by atoms with Gasteiger partial charge in [-0.25, -0.2) is 4.68 Å². The highest BCUT2D eigenvalue weighted by molar-refractivity contribution is 7.09. The van der Waals surface area contributed by atoms with Gasteiger partial charge in [0.1, 0.15) is 11.8 Å². The summed E-state index contributed by atoms with van der Waals surface area (Å²) in [6, 6.07) is 14.0. The number of nitrogens with one attached hydrogen (secondary N) is 1. The number of aromatic amines is 1. The number of rotatable bonds is 8. The minimum Gasteiger partial charge on any atom is -0.468 e. The Morgan fingerprint density at radius 1 is 1.11 bits per heavy atom. The molecule has 0 amide bonds. The summed E-state index contributed by atoms with van der Waals surface area (Å²) < 4.78 is 7.76. The molecule has 0 unspecified atom stereocenters. The molecule has 0 saturated heterocycles. The number of pyridine rings is 1. The van der Waals surface area contributed by atoms with E-state index in [1.165, 1.54) is 16.9 Å². The SMILES string of the molecule is Cc1cc2cc([C@@H](c3nnnn3C3CCCCC3)N(Cc3ccco3)Cc3cccs3)c(=O)[nH]c2cc1C. The molecule has 1 fully saturated rings. The fourth-order valence-corrected chi connectivity index (χ4v) is 6.34. The third-order valence-corrected chi connectivity index (χ3v) is 8.57. The van der Waals surface area contributed by atoms with Crippen LogP contribution in [-0.4, -0.2) is 30.1 Å². The van der Waals surface area contributed by atoms with Crippen LogP contribution in [0.25, 0.3) is 10.9 Å². The Kier molecular flexibility index (Phi) is 6.95. The zero-order chi connectivity index (χ0) is 26.1. The van der Waals surface area contributed by atoms with Crippen molar-refractivity contribution in [2.75, 3.05) is 0 Å². The molecule has 0 radical (unpaired) electrons. The summed E-state index contributed by atoms with van der Waals surface area (Å²) in [5.41, 5.74) is 3.68. The maximum Gasteiger partial charge on any atom is 0.253 e. The van der Waals surface area contributed by atoms with E-state index < -0.39 is 6.04 Å². The summed E-state index contributed by atoms with van der Waals surface area (Å²) in [5, 5.41) is 16.3. The topological polar surface area (TPSA) is 92.8 Å². The molecule has 0 aliphatic heterocycles. The number of thiophene rings is 1. The second-order valence-electron chi connectivity index (χ2n) is 10.3. The smallest absolute Gasteiger partial charge is 0.253 e. The van der Waals surface area contributed by atoms with Crippen LogP contribution in [0.2, 0.25) is 0 Å². The van der Waals surface area contributed by atoms with E-state index in [1.807, 2.05) is 28.9 Å². The lowest BCUT2D eigenvalue weighted by atomic mass is 9.95. The summed E-state index contributed by atoms with van der Waals surface area (Å²) in [6.07, 6.45) is 7.34. The van der Waals surface area contributed by atoms with Crippen LogP contribution in [0, 0.1) is 13.8 Å². The Balaban J connectivity index is 1.53. The number of nitrogens with zero attached hydrogens (tertiary/aromatic N) is 5. The third kappa shape index (κ3) is 4.96. The molecule has 4 heterocycles. The minimum absolute atomic E-state index is 0.125. The summed E-state index contributed by atoms with van der Waals surface area (Å²) in [6.45, 7) is 5.30. The normalized spacial score (nSPS) is 15.4. The van der Waals surface area contributed by atoms with Crippen molar-refractivity contribution in [3.8, 4) is 0 Å². The molecule has 196 valence electrons. The predicted octanol–water partition coefficient (Wildman–Crippen LogP) is 6.08. The van der Waals surface area contributed by atoms with Crippen LogP contribution >= 0.6 is 11.3 Å². The molecule has 1 N–H and O–H groups in total. The van der Waals surface area contributed by atoms with Crippen molar-refractivity contribution in [1.29, 1.82) is 0 Å². The van der Waals surface area contributed by atoms with E-state index in [0.717, 1.165) is 47.9 Å². The fraction of sp³-hybridized carbons (Fsp3) is 0.379. The zero-order valence-electron chi connectivity index (χ0n) is 21.8. The number of furan rings is 1. The molecule has 1 aliphatic rings. The van der Waals surface area contributed by atoms with Gasteiger partial charge in [-0.05, 0) is 95.4 Å². The molecule has 0 spiro atoms. The molecule has 5 aromatic rings. The summed E-state index contributed by atoms with van der Waals surface area (Å²) in [5.74, 6) is 1.53. The van der Waals surface area contributed by atoms with E-state index in [9.17, 15) is 4.79 Å². The van der Waals surface area contributed by atoms with E-state index in [2.05, 4.69) is 62.8 Å². The minimum atomic E-state index is -0.464. The number of benzene rings is 1. The average molecular weight is 529 g/mol. The Morgan fingerprint density at radius 3 is 2.71 bits per heavy atom. The number of aryl methyl sites for hydroxylation is 2. The number of fused-ring (bicyclic) bond motifs is 1. The lowest BCUT2D eigenvalue weighted by molar-refractivity contribution is 0.175. The predicted molar refractivity (Wildman–Crippen MR) is 148 cm³/mol. The van der Waals surface area contributed by atoms with E-state index in [0.29, 0.717) is 24.5 Å². The van der Waals surface area contributed by atoms with Gasteiger partial charge in [-0.1, -0.05) is 25.3 Å². The Hall–Kier alpha value is -3.56. The number of hydrogen-bond donors (Lipinski definition) is 1. The number of tetrazole rings is 1. The summed E-state index contributed by atoms with van der Waals surface area (Å²) in [4.78, 5) is 20.4. The number of hydrogen-bond acceptors (Lipinski definition) is 7. The highest BCUT2D eigenvalue weighted by atomic mass is 32.1. The van der Waals surface area contributed by atoms with Crippen LogP contribution in [0.4, 0.5) is 0 Å². The van der Waals surface area contributed by atoms with Gasteiger partial charge < -0.3 is 9.40 Å². The lowest BCUT2D eigenvalue weighted by Crippen LogP contribution is -2.35. The summed E-state index contributed by atoms with van der Waals surface area (Å²) in [7, 11) is 0. The van der Waals surface area contributed by atoms with E-state index in [-0.39, 0.29) is 11.6 Å². The molecule has 8 nitrogen and oxygen atoms in total. The van der Waals surface area contributed by atoms with Crippen LogP contribution in [0.15, 0.2) is 63.3 Å². The quantitative estimate of drug-likeness (QED) is 0.262. The Labute approximate surface area is 225 Å². The first kappa shape index (κ1) is 24.8. The average Bonchev–Trinajstić information content (AvgIpc) is 3.70.